The van der Waals surface area contributed by atoms with E-state index < -0.39 is 5.91 Å². The Morgan fingerprint density at radius 3 is 2.94 bits per heavy atom. The van der Waals surface area contributed by atoms with E-state index in [0.29, 0.717) is 23.5 Å². The lowest BCUT2D eigenvalue weighted by Gasteiger charge is -2.12. The molecule has 0 unspecified atom stereocenters. The minimum atomic E-state index is -0.488. The molecule has 18 heavy (non-hydrogen) atoms. The fourth-order valence-corrected chi connectivity index (χ4v) is 2.24. The number of carbonyl (C=O) groups excluding carboxylic acids is 1. The fraction of sp³-hybridized carbons (Fsp3) is 0.167. The number of hydrogen-bond donors (Lipinski definition) is 3. The van der Waals surface area contributed by atoms with Crippen LogP contribution in [0, 0.1) is 0 Å². The second-order valence-electron chi connectivity index (χ2n) is 3.79. The van der Waals surface area contributed by atoms with Crippen molar-refractivity contribution in [1.29, 1.82) is 0 Å². The number of primary amides is 1. The molecule has 2 rings (SSSR count). The summed E-state index contributed by atoms with van der Waals surface area (Å²) in [5.74, 6) is -0.488. The molecule has 0 saturated carbocycles. The Hall–Kier alpha value is -2.08. The SMILES string of the molecule is NC(=O)c1cccc(N)c1NCCc1cscn1. The van der Waals surface area contributed by atoms with Gasteiger partial charge in [0.05, 0.1) is 28.1 Å². The first-order valence-electron chi connectivity index (χ1n) is 5.47. The van der Waals surface area contributed by atoms with Gasteiger partial charge in [-0.1, -0.05) is 6.07 Å². The van der Waals surface area contributed by atoms with Crippen LogP contribution < -0.4 is 16.8 Å². The average Bonchev–Trinajstić information content (AvgIpc) is 2.84. The van der Waals surface area contributed by atoms with Gasteiger partial charge in [-0.15, -0.1) is 11.3 Å². The number of nitrogens with one attached hydrogen (secondary N) is 1. The van der Waals surface area contributed by atoms with Crippen LogP contribution in [-0.2, 0) is 6.42 Å². The molecule has 0 fully saturated rings. The Labute approximate surface area is 109 Å². The zero-order chi connectivity index (χ0) is 13.0. The van der Waals surface area contributed by atoms with Gasteiger partial charge in [0.2, 0.25) is 0 Å². The van der Waals surface area contributed by atoms with Crippen molar-refractivity contribution in [1.82, 2.24) is 4.98 Å². The summed E-state index contributed by atoms with van der Waals surface area (Å²) in [4.78, 5) is 15.5. The lowest BCUT2D eigenvalue weighted by Crippen LogP contribution is -2.16. The van der Waals surface area contributed by atoms with Crippen LogP contribution in [0.25, 0.3) is 0 Å². The molecule has 1 amide bonds. The van der Waals surface area contributed by atoms with Gasteiger partial charge in [0.15, 0.2) is 0 Å². The van der Waals surface area contributed by atoms with Crippen molar-refractivity contribution in [3.63, 3.8) is 0 Å². The van der Waals surface area contributed by atoms with E-state index >= 15 is 0 Å². The monoisotopic (exact) mass is 262 g/mol. The van der Waals surface area contributed by atoms with Crippen molar-refractivity contribution < 1.29 is 4.79 Å². The summed E-state index contributed by atoms with van der Waals surface area (Å²) in [5.41, 5.74) is 15.5. The van der Waals surface area contributed by atoms with Gasteiger partial charge in [-0.3, -0.25) is 4.79 Å². The summed E-state index contributed by atoms with van der Waals surface area (Å²) in [7, 11) is 0. The predicted molar refractivity (Wildman–Crippen MR) is 73.7 cm³/mol. The highest BCUT2D eigenvalue weighted by atomic mass is 32.1. The van der Waals surface area contributed by atoms with Crippen LogP contribution in [0.3, 0.4) is 0 Å². The van der Waals surface area contributed by atoms with Crippen molar-refractivity contribution in [2.75, 3.05) is 17.6 Å². The maximum absolute atomic E-state index is 11.3. The second kappa shape index (κ2) is 5.50. The lowest BCUT2D eigenvalue weighted by atomic mass is 10.1. The van der Waals surface area contributed by atoms with E-state index in [4.69, 9.17) is 11.5 Å². The molecule has 0 spiro atoms. The number of rotatable bonds is 5. The summed E-state index contributed by atoms with van der Waals surface area (Å²) < 4.78 is 0. The fourth-order valence-electron chi connectivity index (χ4n) is 1.65. The van der Waals surface area contributed by atoms with Crippen molar-refractivity contribution in [2.45, 2.75) is 6.42 Å². The molecule has 0 aliphatic carbocycles. The summed E-state index contributed by atoms with van der Waals surface area (Å²) in [6.07, 6.45) is 0.774. The van der Waals surface area contributed by atoms with E-state index in [1.54, 1.807) is 35.0 Å². The first-order chi connectivity index (χ1) is 8.68. The van der Waals surface area contributed by atoms with Crippen molar-refractivity contribution in [2.24, 2.45) is 5.73 Å². The number of nitrogens with zero attached hydrogens (tertiary/aromatic N) is 1. The second-order valence-corrected chi connectivity index (χ2v) is 4.51. The topological polar surface area (TPSA) is 94.0 Å². The summed E-state index contributed by atoms with van der Waals surface area (Å²) in [6.45, 7) is 0.651. The highest BCUT2D eigenvalue weighted by molar-refractivity contribution is 7.07. The zero-order valence-corrected chi connectivity index (χ0v) is 10.5. The molecule has 1 heterocycles. The van der Waals surface area contributed by atoms with Gasteiger partial charge in [0.1, 0.15) is 0 Å². The maximum atomic E-state index is 11.3. The largest absolute Gasteiger partial charge is 0.397 e. The number of aromatic nitrogens is 1. The van der Waals surface area contributed by atoms with Crippen LogP contribution in [0.1, 0.15) is 16.1 Å². The summed E-state index contributed by atoms with van der Waals surface area (Å²) in [5, 5.41) is 5.13. The third kappa shape index (κ3) is 2.78. The Bertz CT molecular complexity index is 539. The minimum Gasteiger partial charge on any atom is -0.397 e. The summed E-state index contributed by atoms with van der Waals surface area (Å²) >= 11 is 1.56. The lowest BCUT2D eigenvalue weighted by molar-refractivity contribution is 0.100. The highest BCUT2D eigenvalue weighted by Crippen LogP contribution is 2.22. The molecule has 2 aromatic rings. The molecule has 5 nitrogen and oxygen atoms in total. The molecule has 0 bridgehead atoms. The Morgan fingerprint density at radius 2 is 2.28 bits per heavy atom. The van der Waals surface area contributed by atoms with E-state index in [9.17, 15) is 4.79 Å². The van der Waals surface area contributed by atoms with Gasteiger partial charge >= 0.3 is 0 Å². The number of benzene rings is 1. The Kier molecular flexibility index (Phi) is 3.78. The molecule has 0 saturated heterocycles. The van der Waals surface area contributed by atoms with E-state index in [0.717, 1.165) is 12.1 Å². The number of amides is 1. The third-order valence-electron chi connectivity index (χ3n) is 2.53. The smallest absolute Gasteiger partial charge is 0.250 e. The predicted octanol–water partition coefficient (Wildman–Crippen LogP) is 1.48. The molecule has 0 aliphatic heterocycles. The standard InChI is InChI=1S/C12H14N4OS/c13-10-3-1-2-9(12(14)17)11(10)15-5-4-8-6-18-7-16-8/h1-3,6-7,15H,4-5,13H2,(H2,14,17). The van der Waals surface area contributed by atoms with Gasteiger partial charge in [0, 0.05) is 18.3 Å². The van der Waals surface area contributed by atoms with Crippen LogP contribution in [0.5, 0.6) is 0 Å². The molecule has 1 aromatic carbocycles. The van der Waals surface area contributed by atoms with Crippen LogP contribution >= 0.6 is 11.3 Å². The minimum absolute atomic E-state index is 0.410. The van der Waals surface area contributed by atoms with E-state index in [-0.39, 0.29) is 0 Å². The third-order valence-corrected chi connectivity index (χ3v) is 3.16. The van der Waals surface area contributed by atoms with Gasteiger partial charge in [-0.25, -0.2) is 4.98 Å². The number of anilines is 2. The molecule has 94 valence electrons. The van der Waals surface area contributed by atoms with Crippen molar-refractivity contribution >= 4 is 28.6 Å². The summed E-state index contributed by atoms with van der Waals surface area (Å²) in [6, 6.07) is 5.10. The van der Waals surface area contributed by atoms with Gasteiger partial charge < -0.3 is 16.8 Å². The molecule has 1 aromatic heterocycles. The Balaban J connectivity index is 2.06. The number of thiazole rings is 1. The number of nitrogens with two attached hydrogens (primary N) is 2. The van der Waals surface area contributed by atoms with Crippen LogP contribution in [0.4, 0.5) is 11.4 Å². The number of carbonyl (C=O) groups is 1. The van der Waals surface area contributed by atoms with Gasteiger partial charge in [-0.2, -0.15) is 0 Å². The van der Waals surface area contributed by atoms with Crippen LogP contribution in [-0.4, -0.2) is 17.4 Å². The number of nitrogen functional groups attached to an aromatic ring is 1. The van der Waals surface area contributed by atoms with Crippen molar-refractivity contribution in [3.8, 4) is 0 Å². The zero-order valence-electron chi connectivity index (χ0n) is 9.72. The Morgan fingerprint density at radius 1 is 1.44 bits per heavy atom. The number of hydrogen-bond acceptors (Lipinski definition) is 5. The molecular formula is C12H14N4OS. The van der Waals surface area contributed by atoms with Crippen molar-refractivity contribution in [3.05, 3.63) is 40.3 Å². The van der Waals surface area contributed by atoms with Gasteiger partial charge in [0.25, 0.3) is 5.91 Å². The molecule has 0 aliphatic rings. The molecule has 0 radical (unpaired) electrons. The molecule has 5 N–H and O–H groups in total. The van der Waals surface area contributed by atoms with Crippen LogP contribution in [0.2, 0.25) is 0 Å². The van der Waals surface area contributed by atoms with Gasteiger partial charge in [-0.05, 0) is 12.1 Å². The first-order valence-corrected chi connectivity index (χ1v) is 6.42. The molecular weight excluding hydrogens is 248 g/mol. The highest BCUT2D eigenvalue weighted by Gasteiger charge is 2.10. The van der Waals surface area contributed by atoms with E-state index in [2.05, 4.69) is 10.3 Å². The molecule has 6 heteroatoms. The maximum Gasteiger partial charge on any atom is 0.250 e. The average molecular weight is 262 g/mol. The molecule has 0 atom stereocenters. The van der Waals surface area contributed by atoms with E-state index in [1.807, 2.05) is 5.38 Å². The quantitative estimate of drug-likeness (QED) is 0.711. The number of para-hydroxylation sites is 1. The van der Waals surface area contributed by atoms with Crippen LogP contribution in [0.15, 0.2) is 29.1 Å². The first kappa shape index (κ1) is 12.4. The van der Waals surface area contributed by atoms with E-state index in [1.165, 1.54) is 0 Å². The normalized spacial score (nSPS) is 10.2.